The maximum Gasteiger partial charge on any atom is 0.174 e. The van der Waals surface area contributed by atoms with Crippen molar-refractivity contribution in [3.63, 3.8) is 0 Å². The van der Waals surface area contributed by atoms with Gasteiger partial charge in [0.25, 0.3) is 0 Å². The maximum absolute atomic E-state index is 13.8. The molecular weight excluding hydrogens is 349 g/mol. The Balaban J connectivity index is 2.54. The maximum atomic E-state index is 13.8. The Bertz CT molecular complexity index is 766. The molecular formula is C17H13BrFNO2. The zero-order chi connectivity index (χ0) is 16.1. The predicted octanol–water partition coefficient (Wildman–Crippen LogP) is 4.67. The van der Waals surface area contributed by atoms with Gasteiger partial charge in [0, 0.05) is 5.56 Å². The molecule has 112 valence electrons. The fraction of sp³-hybridized carbons (Fsp3) is 0.118. The van der Waals surface area contributed by atoms with Crippen molar-refractivity contribution < 1.29 is 13.9 Å². The largest absolute Gasteiger partial charge is 0.493 e. The molecule has 0 amide bonds. The molecule has 0 atom stereocenters. The summed E-state index contributed by atoms with van der Waals surface area (Å²) in [5.74, 6) is 0.646. The SMILES string of the molecule is COc1cc(C=C(C#N)c2ccccc2F)cc(Br)c1OC. The number of ether oxygens (including phenoxy) is 2. The van der Waals surface area contributed by atoms with Gasteiger partial charge in [-0.05, 0) is 45.8 Å². The summed E-state index contributed by atoms with van der Waals surface area (Å²) >= 11 is 3.39. The Labute approximate surface area is 136 Å². The third-order valence-corrected chi connectivity index (χ3v) is 3.64. The first-order chi connectivity index (χ1) is 10.6. The number of nitriles is 1. The van der Waals surface area contributed by atoms with Crippen LogP contribution in [-0.2, 0) is 0 Å². The minimum absolute atomic E-state index is 0.234. The number of halogens is 2. The molecule has 0 aliphatic carbocycles. The van der Waals surface area contributed by atoms with E-state index >= 15 is 0 Å². The van der Waals surface area contributed by atoms with E-state index < -0.39 is 5.82 Å². The molecule has 0 aliphatic heterocycles. The van der Waals surface area contributed by atoms with Crippen molar-refractivity contribution in [1.82, 2.24) is 0 Å². The van der Waals surface area contributed by atoms with Crippen LogP contribution in [0.5, 0.6) is 11.5 Å². The molecule has 0 spiro atoms. The highest BCUT2D eigenvalue weighted by Crippen LogP contribution is 2.37. The van der Waals surface area contributed by atoms with Crippen molar-refractivity contribution >= 4 is 27.6 Å². The fourth-order valence-corrected chi connectivity index (χ4v) is 2.66. The number of rotatable bonds is 4. The van der Waals surface area contributed by atoms with Crippen molar-refractivity contribution in [1.29, 1.82) is 5.26 Å². The van der Waals surface area contributed by atoms with E-state index in [9.17, 15) is 9.65 Å². The molecule has 0 saturated heterocycles. The van der Waals surface area contributed by atoms with Crippen LogP contribution >= 0.6 is 15.9 Å². The second-order valence-corrected chi connectivity index (χ2v) is 5.24. The number of nitrogens with zero attached hydrogens (tertiary/aromatic N) is 1. The van der Waals surface area contributed by atoms with Gasteiger partial charge in [0.1, 0.15) is 5.82 Å². The molecule has 0 N–H and O–H groups in total. The zero-order valence-corrected chi connectivity index (χ0v) is 13.6. The molecule has 2 rings (SSSR count). The van der Waals surface area contributed by atoms with Crippen molar-refractivity contribution in [2.24, 2.45) is 0 Å². The van der Waals surface area contributed by atoms with E-state index in [-0.39, 0.29) is 11.1 Å². The van der Waals surface area contributed by atoms with Gasteiger partial charge in [-0.15, -0.1) is 0 Å². The molecule has 3 nitrogen and oxygen atoms in total. The van der Waals surface area contributed by atoms with Gasteiger partial charge in [-0.1, -0.05) is 18.2 Å². The van der Waals surface area contributed by atoms with E-state index in [1.54, 1.807) is 36.4 Å². The van der Waals surface area contributed by atoms with Crippen LogP contribution in [0.4, 0.5) is 4.39 Å². The van der Waals surface area contributed by atoms with E-state index in [2.05, 4.69) is 15.9 Å². The van der Waals surface area contributed by atoms with Gasteiger partial charge < -0.3 is 9.47 Å². The number of hydrogen-bond donors (Lipinski definition) is 0. The topological polar surface area (TPSA) is 42.2 Å². The van der Waals surface area contributed by atoms with Crippen LogP contribution in [0.2, 0.25) is 0 Å². The van der Waals surface area contributed by atoms with E-state index in [1.165, 1.54) is 20.3 Å². The van der Waals surface area contributed by atoms with Crippen LogP contribution in [0.3, 0.4) is 0 Å². The minimum Gasteiger partial charge on any atom is -0.493 e. The predicted molar refractivity (Wildman–Crippen MR) is 87.1 cm³/mol. The summed E-state index contributed by atoms with van der Waals surface area (Å²) < 4.78 is 25.0. The van der Waals surface area contributed by atoms with Crippen molar-refractivity contribution in [2.45, 2.75) is 0 Å². The van der Waals surface area contributed by atoms with Gasteiger partial charge in [-0.25, -0.2) is 4.39 Å². The summed E-state index contributed by atoms with van der Waals surface area (Å²) in [6, 6.07) is 11.7. The zero-order valence-electron chi connectivity index (χ0n) is 12.1. The Hall–Kier alpha value is -2.32. The Morgan fingerprint density at radius 3 is 2.55 bits per heavy atom. The fourth-order valence-electron chi connectivity index (χ4n) is 2.04. The third-order valence-electron chi connectivity index (χ3n) is 3.05. The lowest BCUT2D eigenvalue weighted by atomic mass is 10.0. The quantitative estimate of drug-likeness (QED) is 0.586. The van der Waals surface area contributed by atoms with Gasteiger partial charge in [0.2, 0.25) is 0 Å². The molecule has 0 heterocycles. The molecule has 22 heavy (non-hydrogen) atoms. The van der Waals surface area contributed by atoms with Crippen LogP contribution in [0.25, 0.3) is 11.6 Å². The van der Waals surface area contributed by atoms with E-state index in [4.69, 9.17) is 9.47 Å². The Kier molecular flexibility index (Phi) is 5.18. The summed E-state index contributed by atoms with van der Waals surface area (Å²) in [4.78, 5) is 0. The van der Waals surface area contributed by atoms with Gasteiger partial charge in [-0.2, -0.15) is 5.26 Å². The molecule has 0 fully saturated rings. The highest BCUT2D eigenvalue weighted by atomic mass is 79.9. The Morgan fingerprint density at radius 2 is 1.95 bits per heavy atom. The highest BCUT2D eigenvalue weighted by Gasteiger charge is 2.11. The first kappa shape index (κ1) is 16.1. The van der Waals surface area contributed by atoms with Crippen LogP contribution in [0, 0.1) is 17.1 Å². The van der Waals surface area contributed by atoms with Crippen molar-refractivity contribution in [2.75, 3.05) is 14.2 Å². The molecule has 0 radical (unpaired) electrons. The van der Waals surface area contributed by atoms with Crippen LogP contribution in [-0.4, -0.2) is 14.2 Å². The number of methoxy groups -OCH3 is 2. The third kappa shape index (κ3) is 3.29. The summed E-state index contributed by atoms with van der Waals surface area (Å²) in [6.07, 6.45) is 1.60. The summed E-state index contributed by atoms with van der Waals surface area (Å²) in [5, 5.41) is 9.31. The highest BCUT2D eigenvalue weighted by molar-refractivity contribution is 9.10. The lowest BCUT2D eigenvalue weighted by Gasteiger charge is -2.11. The molecule has 2 aromatic carbocycles. The molecule has 0 aromatic heterocycles. The van der Waals surface area contributed by atoms with Gasteiger partial charge >= 0.3 is 0 Å². The monoisotopic (exact) mass is 361 g/mol. The molecule has 0 bridgehead atoms. The van der Waals surface area contributed by atoms with E-state index in [0.29, 0.717) is 21.5 Å². The average molecular weight is 362 g/mol. The standard InChI is InChI=1S/C17H13BrFNO2/c1-21-16-9-11(8-14(18)17(16)22-2)7-12(10-20)13-5-3-4-6-15(13)19/h3-9H,1-2H3. The molecule has 5 heteroatoms. The summed E-state index contributed by atoms with van der Waals surface area (Å²) in [6.45, 7) is 0. The molecule has 0 unspecified atom stereocenters. The molecule has 0 aliphatic rings. The smallest absolute Gasteiger partial charge is 0.174 e. The van der Waals surface area contributed by atoms with Gasteiger partial charge in [0.15, 0.2) is 11.5 Å². The van der Waals surface area contributed by atoms with Crippen molar-refractivity contribution in [3.05, 3.63) is 57.8 Å². The lowest BCUT2D eigenvalue weighted by Crippen LogP contribution is -1.93. The summed E-state index contributed by atoms with van der Waals surface area (Å²) in [5.41, 5.74) is 1.19. The van der Waals surface area contributed by atoms with Crippen LogP contribution in [0.15, 0.2) is 40.9 Å². The Morgan fingerprint density at radius 1 is 1.23 bits per heavy atom. The van der Waals surface area contributed by atoms with E-state index in [0.717, 1.165) is 0 Å². The first-order valence-corrected chi connectivity index (χ1v) is 7.18. The van der Waals surface area contributed by atoms with Gasteiger partial charge in [-0.3, -0.25) is 0 Å². The second-order valence-electron chi connectivity index (χ2n) is 4.39. The van der Waals surface area contributed by atoms with Crippen LogP contribution in [0.1, 0.15) is 11.1 Å². The summed E-state index contributed by atoms with van der Waals surface area (Å²) in [7, 11) is 3.07. The van der Waals surface area contributed by atoms with E-state index in [1.807, 2.05) is 6.07 Å². The van der Waals surface area contributed by atoms with Gasteiger partial charge in [0.05, 0.1) is 30.3 Å². The average Bonchev–Trinajstić information content (AvgIpc) is 2.52. The number of benzene rings is 2. The minimum atomic E-state index is -0.435. The van der Waals surface area contributed by atoms with Crippen LogP contribution < -0.4 is 9.47 Å². The second kappa shape index (κ2) is 7.10. The number of hydrogen-bond acceptors (Lipinski definition) is 3. The normalized spacial score (nSPS) is 11.0. The first-order valence-electron chi connectivity index (χ1n) is 6.39. The van der Waals surface area contributed by atoms with Crippen molar-refractivity contribution in [3.8, 4) is 17.6 Å². The number of allylic oxidation sites excluding steroid dienone is 1. The lowest BCUT2D eigenvalue weighted by molar-refractivity contribution is 0.353. The molecule has 0 saturated carbocycles. The molecule has 2 aromatic rings.